The lowest BCUT2D eigenvalue weighted by atomic mass is 9.90. The van der Waals surface area contributed by atoms with Crippen LogP contribution in [0.5, 0.6) is 0 Å². The van der Waals surface area contributed by atoms with Crippen molar-refractivity contribution in [3.8, 4) is 18.4 Å². The van der Waals surface area contributed by atoms with E-state index in [-0.39, 0.29) is 24.1 Å². The number of pyridine rings is 1. The summed E-state index contributed by atoms with van der Waals surface area (Å²) in [7, 11) is 0. The standard InChI is InChI=1S/C38H49FN4O.C3H6/c1-7-11-19-32(28-43-21-12-13-22-43)24-37(44)35-25-38(41-27-33(16-9-3)36(39)17-10-4)42-30(6)34(35)23-29(5)18-14-20-31(26-40)15-8-2;1-3-2/h2,9-10,14-17,20,23,25,32H,7,11-13,18-19,21-22,24,27-28H2,1,3-6H3,(H,41,42);3H,1H2,2H3/b16-9-,17-10+,20-14-,29-23+,31-15+,36-33-;. The first-order valence-electron chi connectivity index (χ1n) is 16.8. The summed E-state index contributed by atoms with van der Waals surface area (Å²) in [4.78, 5) is 21.3. The third kappa shape index (κ3) is 15.7. The van der Waals surface area contributed by atoms with E-state index in [2.05, 4.69) is 35.7 Å². The first kappa shape index (κ1) is 40.8. The van der Waals surface area contributed by atoms with Crippen molar-refractivity contribution in [1.82, 2.24) is 9.88 Å². The van der Waals surface area contributed by atoms with E-state index < -0.39 is 0 Å². The highest BCUT2D eigenvalue weighted by Crippen LogP contribution is 2.27. The third-order valence-electron chi connectivity index (χ3n) is 7.65. The van der Waals surface area contributed by atoms with E-state index >= 15 is 0 Å². The number of unbranched alkanes of at least 4 members (excludes halogenated alkanes) is 1. The second-order valence-corrected chi connectivity index (χ2v) is 11.8. The van der Waals surface area contributed by atoms with Gasteiger partial charge in [0.2, 0.25) is 0 Å². The van der Waals surface area contributed by atoms with Crippen LogP contribution in [0.15, 0.2) is 83.8 Å². The number of aromatic nitrogens is 1. The Morgan fingerprint density at radius 3 is 2.49 bits per heavy atom. The number of hydrogen-bond donors (Lipinski definition) is 1. The Kier molecular flexibility index (Phi) is 20.8. The number of nitrogens with one attached hydrogen (secondary N) is 1. The summed E-state index contributed by atoms with van der Waals surface area (Å²) in [5, 5.41) is 12.5. The van der Waals surface area contributed by atoms with Crippen LogP contribution >= 0.6 is 0 Å². The van der Waals surface area contributed by atoms with Gasteiger partial charge in [0.15, 0.2) is 5.78 Å². The average Bonchev–Trinajstić information content (AvgIpc) is 3.56. The quantitative estimate of drug-likeness (QED) is 0.0605. The molecule has 1 aromatic heterocycles. The molecule has 1 saturated heterocycles. The molecule has 1 atom stereocenters. The normalized spacial score (nSPS) is 15.3. The van der Waals surface area contributed by atoms with E-state index in [4.69, 9.17) is 11.4 Å². The van der Waals surface area contributed by atoms with Crippen LogP contribution in [0.25, 0.3) is 6.08 Å². The molecule has 0 aliphatic carbocycles. The van der Waals surface area contributed by atoms with Crippen molar-refractivity contribution in [2.45, 2.75) is 86.5 Å². The molecule has 5 nitrogen and oxygen atoms in total. The summed E-state index contributed by atoms with van der Waals surface area (Å²) in [6, 6.07) is 3.90. The van der Waals surface area contributed by atoms with Gasteiger partial charge in [0.1, 0.15) is 11.6 Å². The molecule has 0 amide bonds. The molecule has 0 radical (unpaired) electrons. The molecular weight excluding hydrogens is 583 g/mol. The summed E-state index contributed by atoms with van der Waals surface area (Å²) in [6.45, 7) is 18.4. The molecule has 252 valence electrons. The molecule has 1 aliphatic rings. The lowest BCUT2D eigenvalue weighted by Crippen LogP contribution is -2.28. The van der Waals surface area contributed by atoms with Crippen molar-refractivity contribution in [2.24, 2.45) is 5.92 Å². The van der Waals surface area contributed by atoms with Gasteiger partial charge in [0.25, 0.3) is 0 Å². The fraction of sp³-hybridized carbons (Fsp3) is 0.439. The van der Waals surface area contributed by atoms with Crippen LogP contribution in [0, 0.1) is 36.5 Å². The van der Waals surface area contributed by atoms with Gasteiger partial charge in [-0.25, -0.2) is 9.37 Å². The summed E-state index contributed by atoms with van der Waals surface area (Å²) < 4.78 is 14.7. The van der Waals surface area contributed by atoms with Crippen LogP contribution in [0.2, 0.25) is 0 Å². The molecule has 0 spiro atoms. The molecule has 1 unspecified atom stereocenters. The van der Waals surface area contributed by atoms with Gasteiger partial charge < -0.3 is 10.2 Å². The molecule has 0 saturated carbocycles. The van der Waals surface area contributed by atoms with E-state index in [0.29, 0.717) is 35.4 Å². The molecule has 1 aromatic rings. The molecule has 1 fully saturated rings. The number of halogens is 1. The van der Waals surface area contributed by atoms with Crippen molar-refractivity contribution < 1.29 is 9.18 Å². The maximum Gasteiger partial charge on any atom is 0.164 e. The van der Waals surface area contributed by atoms with Crippen LogP contribution in [0.3, 0.4) is 0 Å². The number of anilines is 1. The van der Waals surface area contributed by atoms with Crippen molar-refractivity contribution >= 4 is 17.7 Å². The molecule has 0 bridgehead atoms. The van der Waals surface area contributed by atoms with Gasteiger partial charge in [0.05, 0.1) is 11.6 Å². The van der Waals surface area contributed by atoms with Crippen LogP contribution in [-0.2, 0) is 0 Å². The smallest absolute Gasteiger partial charge is 0.164 e. The maximum absolute atomic E-state index is 14.7. The topological polar surface area (TPSA) is 69.0 Å². The average molecular weight is 639 g/mol. The molecule has 1 aliphatic heterocycles. The summed E-state index contributed by atoms with van der Waals surface area (Å²) in [6.07, 6.45) is 27.5. The lowest BCUT2D eigenvalue weighted by Gasteiger charge is -2.23. The third-order valence-corrected chi connectivity index (χ3v) is 7.65. The Bertz CT molecular complexity index is 1420. The van der Waals surface area contributed by atoms with E-state index in [0.717, 1.165) is 55.7 Å². The van der Waals surface area contributed by atoms with Crippen LogP contribution < -0.4 is 5.32 Å². The summed E-state index contributed by atoms with van der Waals surface area (Å²) in [5.41, 5.74) is 4.09. The van der Waals surface area contributed by atoms with Crippen molar-refractivity contribution in [1.29, 1.82) is 5.26 Å². The number of likely N-dealkylation sites (tertiary alicyclic amines) is 1. The van der Waals surface area contributed by atoms with Crippen molar-refractivity contribution in [3.05, 3.63) is 101 Å². The number of allylic oxidation sites excluding steroid dienone is 10. The zero-order valence-electron chi connectivity index (χ0n) is 29.5. The van der Waals surface area contributed by atoms with Crippen LogP contribution in [-0.4, -0.2) is 41.8 Å². The minimum absolute atomic E-state index is 0.0986. The Balaban J connectivity index is 0.00000354. The van der Waals surface area contributed by atoms with Crippen molar-refractivity contribution in [2.75, 3.05) is 31.5 Å². The number of aryl methyl sites for hydroxylation is 1. The van der Waals surface area contributed by atoms with E-state index in [1.165, 1.54) is 25.0 Å². The zero-order valence-corrected chi connectivity index (χ0v) is 29.5. The Morgan fingerprint density at radius 2 is 1.89 bits per heavy atom. The number of nitriles is 1. The molecule has 2 heterocycles. The number of nitrogens with zero attached hydrogens (tertiary/aromatic N) is 3. The molecule has 0 aromatic carbocycles. The van der Waals surface area contributed by atoms with Gasteiger partial charge in [-0.05, 0) is 97.5 Å². The van der Waals surface area contributed by atoms with Gasteiger partial charge in [0, 0.05) is 48.0 Å². The number of ketones is 1. The van der Waals surface area contributed by atoms with Gasteiger partial charge in [-0.3, -0.25) is 4.79 Å². The van der Waals surface area contributed by atoms with Crippen LogP contribution in [0.4, 0.5) is 10.2 Å². The highest BCUT2D eigenvalue weighted by molar-refractivity contribution is 6.00. The number of hydrogen-bond acceptors (Lipinski definition) is 5. The van der Waals surface area contributed by atoms with E-state index in [1.807, 2.05) is 45.9 Å². The van der Waals surface area contributed by atoms with E-state index in [1.54, 1.807) is 37.3 Å². The zero-order chi connectivity index (χ0) is 35.0. The molecule has 6 heteroatoms. The lowest BCUT2D eigenvalue weighted by molar-refractivity contribution is 0.0945. The second kappa shape index (κ2) is 24.0. The van der Waals surface area contributed by atoms with Gasteiger partial charge >= 0.3 is 0 Å². The van der Waals surface area contributed by atoms with E-state index in [9.17, 15) is 14.4 Å². The number of carbonyl (C=O) groups excluding carboxylic acids is 1. The van der Waals surface area contributed by atoms with Gasteiger partial charge in [-0.2, -0.15) is 5.26 Å². The van der Waals surface area contributed by atoms with Crippen LogP contribution in [0.1, 0.15) is 101 Å². The minimum atomic E-state index is -0.313. The summed E-state index contributed by atoms with van der Waals surface area (Å²) in [5.74, 6) is 3.00. The highest BCUT2D eigenvalue weighted by Gasteiger charge is 2.23. The molecule has 1 N–H and O–H groups in total. The highest BCUT2D eigenvalue weighted by atomic mass is 19.1. The number of Topliss-reactive ketones (excluding diaryl/α,β-unsaturated/α-hetero) is 1. The van der Waals surface area contributed by atoms with Crippen molar-refractivity contribution in [3.63, 3.8) is 0 Å². The Hall–Kier alpha value is -4.26. The monoisotopic (exact) mass is 638 g/mol. The predicted octanol–water partition coefficient (Wildman–Crippen LogP) is 10.3. The number of rotatable bonds is 17. The Morgan fingerprint density at radius 1 is 1.21 bits per heavy atom. The fourth-order valence-corrected chi connectivity index (χ4v) is 5.39. The molecule has 2 rings (SSSR count). The first-order chi connectivity index (χ1) is 22.7. The van der Waals surface area contributed by atoms with Gasteiger partial charge in [-0.1, -0.05) is 67.7 Å². The molecule has 47 heavy (non-hydrogen) atoms. The largest absolute Gasteiger partial charge is 0.366 e. The van der Waals surface area contributed by atoms with Gasteiger partial charge in [-0.15, -0.1) is 13.0 Å². The number of carbonyl (C=O) groups is 1. The maximum atomic E-state index is 14.7. The SMILES string of the molecule is C#C/C=C(C#N)\C=C/C/C(C)=C/c1c(C(=O)CC(CCCC)CN2CCCC2)cc(NCC(/C=C\C)=C(F)/C=C/C)nc1C.C=CC. The fourth-order valence-electron chi connectivity index (χ4n) is 5.39. The molecular formula is C41H55FN4O. The second-order valence-electron chi connectivity index (χ2n) is 11.8. The minimum Gasteiger partial charge on any atom is -0.366 e. The first-order valence-corrected chi connectivity index (χ1v) is 16.8. The Labute approximate surface area is 284 Å². The predicted molar refractivity (Wildman–Crippen MR) is 199 cm³/mol. The number of terminal acetylenes is 1. The summed E-state index contributed by atoms with van der Waals surface area (Å²) >= 11 is 0.